The van der Waals surface area contributed by atoms with Crippen molar-refractivity contribution in [2.24, 2.45) is 5.10 Å². The molecule has 0 bridgehead atoms. The van der Waals surface area contributed by atoms with Crippen LogP contribution in [-0.2, 0) is 13.0 Å². The molecule has 0 atom stereocenters. The third-order valence-corrected chi connectivity index (χ3v) is 5.91. The minimum Gasteiger partial charge on any atom is -0.455 e. The van der Waals surface area contributed by atoms with Gasteiger partial charge in [-0.25, -0.2) is 5.43 Å². The van der Waals surface area contributed by atoms with Gasteiger partial charge in [0.1, 0.15) is 5.76 Å². The summed E-state index contributed by atoms with van der Waals surface area (Å²) in [6.45, 7) is 2.03. The first-order valence-electron chi connectivity index (χ1n) is 10.6. The second kappa shape index (κ2) is 9.88. The highest BCUT2D eigenvalue weighted by Crippen LogP contribution is 2.30. The fourth-order valence-electron chi connectivity index (χ4n) is 3.84. The lowest BCUT2D eigenvalue weighted by Gasteiger charge is -2.13. The van der Waals surface area contributed by atoms with Gasteiger partial charge < -0.3 is 9.73 Å². The predicted molar refractivity (Wildman–Crippen MR) is 126 cm³/mol. The second-order valence-electron chi connectivity index (χ2n) is 7.79. The van der Waals surface area contributed by atoms with E-state index in [1.54, 1.807) is 13.0 Å². The number of non-ortho nitro benzene ring substituents is 1. The van der Waals surface area contributed by atoms with Gasteiger partial charge in [0.05, 0.1) is 10.6 Å². The van der Waals surface area contributed by atoms with Crippen molar-refractivity contribution in [1.29, 1.82) is 0 Å². The number of nitro groups is 1. The van der Waals surface area contributed by atoms with Crippen molar-refractivity contribution in [1.82, 2.24) is 10.7 Å². The molecular formula is C24H21ClN4O5. The van der Waals surface area contributed by atoms with Crippen molar-refractivity contribution in [3.8, 4) is 0 Å². The lowest BCUT2D eigenvalue weighted by Crippen LogP contribution is -2.23. The summed E-state index contributed by atoms with van der Waals surface area (Å²) in [5.74, 6) is -0.111. The number of fused-ring (bicyclic) bond motifs is 1. The van der Waals surface area contributed by atoms with Crippen LogP contribution in [0.1, 0.15) is 56.2 Å². The van der Waals surface area contributed by atoms with Crippen LogP contribution in [0.5, 0.6) is 0 Å². The Bertz CT molecular complexity index is 1310. The Morgan fingerprint density at radius 1 is 1.15 bits per heavy atom. The maximum Gasteiger partial charge on any atom is 0.287 e. The van der Waals surface area contributed by atoms with Crippen LogP contribution < -0.4 is 10.7 Å². The molecule has 34 heavy (non-hydrogen) atoms. The molecule has 1 heterocycles. The Hall–Kier alpha value is -3.98. The summed E-state index contributed by atoms with van der Waals surface area (Å²) in [6.07, 6.45) is 1.97. The van der Waals surface area contributed by atoms with Gasteiger partial charge in [-0.15, -0.1) is 0 Å². The monoisotopic (exact) mass is 480 g/mol. The van der Waals surface area contributed by atoms with Gasteiger partial charge in [0.25, 0.3) is 17.5 Å². The summed E-state index contributed by atoms with van der Waals surface area (Å²) in [5.41, 5.74) is 5.12. The second-order valence-corrected chi connectivity index (χ2v) is 8.20. The molecule has 0 radical (unpaired) electrons. The van der Waals surface area contributed by atoms with Crippen molar-refractivity contribution in [2.75, 3.05) is 0 Å². The van der Waals surface area contributed by atoms with Gasteiger partial charge in [-0.1, -0.05) is 35.9 Å². The molecular weight excluding hydrogens is 460 g/mol. The van der Waals surface area contributed by atoms with Gasteiger partial charge in [0.15, 0.2) is 5.76 Å². The topological polar surface area (TPSA) is 127 Å². The van der Waals surface area contributed by atoms with E-state index in [4.69, 9.17) is 16.0 Å². The molecule has 1 aromatic heterocycles. The quantitative estimate of drug-likeness (QED) is 0.395. The number of aryl methyl sites for hydroxylation is 1. The van der Waals surface area contributed by atoms with E-state index in [0.29, 0.717) is 40.5 Å². The number of nitrogens with one attached hydrogen (secondary N) is 2. The first-order chi connectivity index (χ1) is 16.3. The highest BCUT2D eigenvalue weighted by Gasteiger charge is 2.28. The van der Waals surface area contributed by atoms with Gasteiger partial charge in [0.2, 0.25) is 0 Å². The molecule has 10 heteroatoms. The van der Waals surface area contributed by atoms with E-state index < -0.39 is 10.8 Å². The zero-order chi connectivity index (χ0) is 24.2. The van der Waals surface area contributed by atoms with Gasteiger partial charge >= 0.3 is 0 Å². The third kappa shape index (κ3) is 4.84. The summed E-state index contributed by atoms with van der Waals surface area (Å²) in [6, 6.07) is 12.6. The number of amides is 2. The number of rotatable bonds is 6. The molecule has 0 fully saturated rings. The highest BCUT2D eigenvalue weighted by atomic mass is 35.5. The first-order valence-corrected chi connectivity index (χ1v) is 11.0. The van der Waals surface area contributed by atoms with Gasteiger partial charge in [-0.2, -0.15) is 5.10 Å². The van der Waals surface area contributed by atoms with Crippen LogP contribution in [0.4, 0.5) is 5.69 Å². The molecule has 4 rings (SSSR count). The van der Waals surface area contributed by atoms with Gasteiger partial charge in [0, 0.05) is 46.8 Å². The molecule has 174 valence electrons. The van der Waals surface area contributed by atoms with Crippen LogP contribution in [0.3, 0.4) is 0 Å². The lowest BCUT2D eigenvalue weighted by atomic mass is 9.93. The number of hydrogen-bond donors (Lipinski definition) is 2. The van der Waals surface area contributed by atoms with E-state index in [-0.39, 0.29) is 29.5 Å². The number of nitro benzene ring substituents is 1. The van der Waals surface area contributed by atoms with Crippen molar-refractivity contribution in [2.45, 2.75) is 32.7 Å². The number of furan rings is 1. The van der Waals surface area contributed by atoms with E-state index in [9.17, 15) is 19.7 Å². The Morgan fingerprint density at radius 3 is 2.71 bits per heavy atom. The van der Waals surface area contributed by atoms with Crippen LogP contribution in [-0.4, -0.2) is 22.4 Å². The van der Waals surface area contributed by atoms with Crippen molar-refractivity contribution >= 4 is 34.8 Å². The summed E-state index contributed by atoms with van der Waals surface area (Å²) in [5, 5.41) is 18.6. The Morgan fingerprint density at radius 2 is 1.94 bits per heavy atom. The molecule has 0 saturated heterocycles. The number of benzene rings is 2. The number of nitrogens with zero attached hydrogens (tertiary/aromatic N) is 2. The normalized spacial score (nSPS) is 13.9. The zero-order valence-corrected chi connectivity index (χ0v) is 19.0. The van der Waals surface area contributed by atoms with Gasteiger partial charge in [-0.3, -0.25) is 19.7 Å². The average molecular weight is 481 g/mol. The molecule has 2 amide bonds. The summed E-state index contributed by atoms with van der Waals surface area (Å²) >= 11 is 6.16. The lowest BCUT2D eigenvalue weighted by molar-refractivity contribution is -0.384. The Kier molecular flexibility index (Phi) is 6.74. The van der Waals surface area contributed by atoms with Crippen LogP contribution in [0, 0.1) is 17.0 Å². The minimum atomic E-state index is -0.567. The molecule has 1 aliphatic carbocycles. The molecule has 3 aromatic rings. The van der Waals surface area contributed by atoms with Crippen LogP contribution >= 0.6 is 11.6 Å². The van der Waals surface area contributed by atoms with Crippen LogP contribution in [0.15, 0.2) is 58.0 Å². The van der Waals surface area contributed by atoms with E-state index in [1.807, 2.05) is 18.2 Å². The van der Waals surface area contributed by atoms with E-state index >= 15 is 0 Å². The Balaban J connectivity index is 1.52. The molecule has 0 saturated carbocycles. The molecule has 2 aromatic carbocycles. The number of hydrogen-bond acceptors (Lipinski definition) is 6. The van der Waals surface area contributed by atoms with Crippen molar-refractivity contribution in [3.63, 3.8) is 0 Å². The van der Waals surface area contributed by atoms with Crippen molar-refractivity contribution in [3.05, 3.63) is 97.4 Å². The summed E-state index contributed by atoms with van der Waals surface area (Å²) < 4.78 is 5.87. The fourth-order valence-corrected chi connectivity index (χ4v) is 4.04. The smallest absolute Gasteiger partial charge is 0.287 e. The zero-order valence-electron chi connectivity index (χ0n) is 18.3. The summed E-state index contributed by atoms with van der Waals surface area (Å²) in [7, 11) is 0. The SMILES string of the molecule is Cc1c(C(=O)NCc2ccccc2Cl)oc2c1/C(=N/NC(=O)c1cccc([N+](=O)[O-])c1)CCC2. The van der Waals surface area contributed by atoms with E-state index in [1.165, 1.54) is 24.3 Å². The number of hydrazone groups is 1. The fraction of sp³-hybridized carbons (Fsp3) is 0.208. The maximum atomic E-state index is 12.8. The predicted octanol–water partition coefficient (Wildman–Crippen LogP) is 4.55. The number of carbonyl (C=O) groups is 2. The molecule has 2 N–H and O–H groups in total. The minimum absolute atomic E-state index is 0.123. The molecule has 0 unspecified atom stereocenters. The average Bonchev–Trinajstić information content (AvgIpc) is 3.19. The van der Waals surface area contributed by atoms with E-state index in [0.717, 1.165) is 12.0 Å². The van der Waals surface area contributed by atoms with E-state index in [2.05, 4.69) is 15.8 Å². The highest BCUT2D eigenvalue weighted by molar-refractivity contribution is 6.31. The van der Waals surface area contributed by atoms with Crippen LogP contribution in [0.2, 0.25) is 5.02 Å². The first kappa shape index (κ1) is 23.2. The molecule has 0 spiro atoms. The molecule has 9 nitrogen and oxygen atoms in total. The summed E-state index contributed by atoms with van der Waals surface area (Å²) in [4.78, 5) is 35.7. The van der Waals surface area contributed by atoms with Crippen LogP contribution in [0.25, 0.3) is 0 Å². The number of halogens is 1. The molecule has 0 aliphatic heterocycles. The third-order valence-electron chi connectivity index (χ3n) is 5.54. The molecule has 1 aliphatic rings. The van der Waals surface area contributed by atoms with Gasteiger partial charge in [-0.05, 0) is 37.5 Å². The van der Waals surface area contributed by atoms with Crippen molar-refractivity contribution < 1.29 is 18.9 Å². The largest absolute Gasteiger partial charge is 0.455 e. The Labute approximate surface area is 199 Å². The maximum absolute atomic E-state index is 12.8. The standard InChI is InChI=1S/C24H21ClN4O5/c1-14-21-19(27-28-23(30)15-7-4-8-17(12-15)29(32)33)10-5-11-20(21)34-22(14)24(31)26-13-16-6-2-3-9-18(16)25/h2-4,6-9,12H,5,10-11,13H2,1H3,(H,26,31)(H,28,30)/b27-19+. The number of carbonyl (C=O) groups excluding carboxylic acids is 2.